The normalized spacial score (nSPS) is 10.7. The highest BCUT2D eigenvalue weighted by molar-refractivity contribution is 7.17. The molecule has 7 heteroatoms. The fourth-order valence-electron chi connectivity index (χ4n) is 2.66. The lowest BCUT2D eigenvalue weighted by atomic mass is 10.1. The predicted octanol–water partition coefficient (Wildman–Crippen LogP) is 5.61. The Morgan fingerprint density at radius 3 is 2.41 bits per heavy atom. The van der Waals surface area contributed by atoms with Gasteiger partial charge in [0.2, 0.25) is 0 Å². The van der Waals surface area contributed by atoms with Crippen molar-refractivity contribution in [3.8, 4) is 0 Å². The van der Waals surface area contributed by atoms with Crippen molar-refractivity contribution in [1.82, 2.24) is 0 Å². The van der Waals surface area contributed by atoms with Gasteiger partial charge in [-0.05, 0) is 29.6 Å². The fourth-order valence-corrected chi connectivity index (χ4v) is 4.38. The summed E-state index contributed by atoms with van der Waals surface area (Å²) in [6.07, 6.45) is 0. The summed E-state index contributed by atoms with van der Waals surface area (Å²) in [4.78, 5) is 25.2. The Morgan fingerprint density at radius 2 is 1.56 bits per heavy atom. The third kappa shape index (κ3) is 3.47. The van der Waals surface area contributed by atoms with Crippen LogP contribution in [0.5, 0.6) is 0 Å². The van der Waals surface area contributed by atoms with Gasteiger partial charge in [-0.2, -0.15) is 0 Å². The number of rotatable bonds is 4. The molecule has 0 aliphatic carbocycles. The SMILES string of the molecule is O=C(Nc1ccccc1F)c1ccsc1NC(=O)c1csc2ccccc12. The molecule has 0 atom stereocenters. The Kier molecular flexibility index (Phi) is 4.70. The fraction of sp³-hybridized carbons (Fsp3) is 0. The zero-order valence-corrected chi connectivity index (χ0v) is 15.5. The van der Waals surface area contributed by atoms with Crippen LogP contribution in [0.15, 0.2) is 65.4 Å². The molecule has 2 aromatic heterocycles. The lowest BCUT2D eigenvalue weighted by Crippen LogP contribution is -2.17. The summed E-state index contributed by atoms with van der Waals surface area (Å²) in [6, 6.07) is 15.2. The predicted molar refractivity (Wildman–Crippen MR) is 108 cm³/mol. The van der Waals surface area contributed by atoms with E-state index in [0.717, 1.165) is 10.1 Å². The number of benzene rings is 2. The van der Waals surface area contributed by atoms with E-state index < -0.39 is 11.7 Å². The summed E-state index contributed by atoms with van der Waals surface area (Å²) in [5.41, 5.74) is 0.940. The van der Waals surface area contributed by atoms with Gasteiger partial charge in [-0.1, -0.05) is 30.3 Å². The molecular weight excluding hydrogens is 383 g/mol. The molecule has 0 saturated carbocycles. The molecule has 0 saturated heterocycles. The standard InChI is InChI=1S/C20H13FN2O2S2/c21-15-6-2-3-7-16(15)22-18(24)13-9-10-26-20(13)23-19(25)14-11-27-17-8-4-1-5-12(14)17/h1-11H,(H,22,24)(H,23,25). The van der Waals surface area contributed by atoms with E-state index in [-0.39, 0.29) is 17.2 Å². The van der Waals surface area contributed by atoms with Gasteiger partial charge in [-0.3, -0.25) is 9.59 Å². The molecule has 0 aliphatic heterocycles. The van der Waals surface area contributed by atoms with Crippen molar-refractivity contribution in [3.63, 3.8) is 0 Å². The zero-order valence-electron chi connectivity index (χ0n) is 13.9. The number of halogens is 1. The van der Waals surface area contributed by atoms with Crippen LogP contribution >= 0.6 is 22.7 Å². The highest BCUT2D eigenvalue weighted by Crippen LogP contribution is 2.29. The van der Waals surface area contributed by atoms with Gasteiger partial charge < -0.3 is 10.6 Å². The smallest absolute Gasteiger partial charge is 0.258 e. The van der Waals surface area contributed by atoms with Crippen molar-refractivity contribution in [3.05, 3.63) is 82.3 Å². The minimum atomic E-state index is -0.517. The van der Waals surface area contributed by atoms with Crippen molar-refractivity contribution in [2.45, 2.75) is 0 Å². The van der Waals surface area contributed by atoms with Gasteiger partial charge in [0.1, 0.15) is 10.8 Å². The first kappa shape index (κ1) is 17.4. The summed E-state index contributed by atoms with van der Waals surface area (Å²) < 4.78 is 14.8. The van der Waals surface area contributed by atoms with Gasteiger partial charge in [0, 0.05) is 15.5 Å². The summed E-state index contributed by atoms with van der Waals surface area (Å²) in [5, 5.41) is 10.1. The van der Waals surface area contributed by atoms with Crippen molar-refractivity contribution in [2.24, 2.45) is 0 Å². The number of carbonyl (C=O) groups excluding carboxylic acids is 2. The largest absolute Gasteiger partial charge is 0.319 e. The van der Waals surface area contributed by atoms with Crippen molar-refractivity contribution < 1.29 is 14.0 Å². The molecule has 0 unspecified atom stereocenters. The first-order valence-electron chi connectivity index (χ1n) is 8.04. The summed E-state index contributed by atoms with van der Waals surface area (Å²) in [7, 11) is 0. The van der Waals surface area contributed by atoms with Crippen LogP contribution in [0.1, 0.15) is 20.7 Å². The summed E-state index contributed by atoms with van der Waals surface area (Å²) in [6.45, 7) is 0. The van der Waals surface area contributed by atoms with E-state index >= 15 is 0 Å². The Morgan fingerprint density at radius 1 is 0.815 bits per heavy atom. The molecule has 0 spiro atoms. The Bertz CT molecular complexity index is 1150. The molecule has 2 heterocycles. The number of para-hydroxylation sites is 1. The minimum Gasteiger partial charge on any atom is -0.319 e. The van der Waals surface area contributed by atoms with Gasteiger partial charge in [0.05, 0.1) is 16.8 Å². The second-order valence-electron chi connectivity index (χ2n) is 5.70. The highest BCUT2D eigenvalue weighted by Gasteiger charge is 2.18. The molecule has 2 aromatic carbocycles. The van der Waals surface area contributed by atoms with E-state index in [1.54, 1.807) is 29.0 Å². The van der Waals surface area contributed by atoms with Crippen LogP contribution < -0.4 is 10.6 Å². The molecule has 27 heavy (non-hydrogen) atoms. The molecular formula is C20H13FN2O2S2. The van der Waals surface area contributed by atoms with Crippen molar-refractivity contribution >= 4 is 55.3 Å². The lowest BCUT2D eigenvalue weighted by Gasteiger charge is -2.08. The molecule has 0 fully saturated rings. The Hall–Kier alpha value is -3.03. The van der Waals surface area contributed by atoms with Crippen LogP contribution in [0.2, 0.25) is 0 Å². The molecule has 4 rings (SSSR count). The number of hydrogen-bond acceptors (Lipinski definition) is 4. The maximum atomic E-state index is 13.8. The number of amides is 2. The first-order valence-corrected chi connectivity index (χ1v) is 9.80. The average molecular weight is 396 g/mol. The van der Waals surface area contributed by atoms with Crippen LogP contribution in [0.4, 0.5) is 15.1 Å². The van der Waals surface area contributed by atoms with Crippen molar-refractivity contribution in [2.75, 3.05) is 10.6 Å². The maximum absolute atomic E-state index is 13.8. The number of nitrogens with one attached hydrogen (secondary N) is 2. The van der Waals surface area contributed by atoms with E-state index in [4.69, 9.17) is 0 Å². The second kappa shape index (κ2) is 7.30. The topological polar surface area (TPSA) is 58.2 Å². The summed E-state index contributed by atoms with van der Waals surface area (Å²) in [5.74, 6) is -1.28. The molecule has 2 amide bonds. The van der Waals surface area contributed by atoms with E-state index in [1.165, 1.54) is 34.8 Å². The van der Waals surface area contributed by atoms with Gasteiger partial charge in [0.25, 0.3) is 11.8 Å². The number of hydrogen-bond donors (Lipinski definition) is 2. The Balaban J connectivity index is 1.56. The number of carbonyl (C=O) groups is 2. The summed E-state index contributed by atoms with van der Waals surface area (Å²) >= 11 is 2.73. The van der Waals surface area contributed by atoms with Crippen LogP contribution in [-0.2, 0) is 0 Å². The molecule has 4 aromatic rings. The quantitative estimate of drug-likeness (QED) is 0.471. The van der Waals surface area contributed by atoms with Crippen LogP contribution in [0, 0.1) is 5.82 Å². The van der Waals surface area contributed by atoms with E-state index in [9.17, 15) is 14.0 Å². The van der Waals surface area contributed by atoms with Gasteiger partial charge >= 0.3 is 0 Å². The molecule has 0 aliphatic rings. The average Bonchev–Trinajstić information content (AvgIpc) is 3.30. The third-order valence-electron chi connectivity index (χ3n) is 3.98. The highest BCUT2D eigenvalue weighted by atomic mass is 32.1. The van der Waals surface area contributed by atoms with E-state index in [2.05, 4.69) is 10.6 Å². The maximum Gasteiger partial charge on any atom is 0.258 e. The van der Waals surface area contributed by atoms with E-state index in [0.29, 0.717) is 10.6 Å². The number of thiophene rings is 2. The molecule has 2 N–H and O–H groups in total. The molecule has 134 valence electrons. The molecule has 0 radical (unpaired) electrons. The van der Waals surface area contributed by atoms with Crippen LogP contribution in [0.25, 0.3) is 10.1 Å². The minimum absolute atomic E-state index is 0.0924. The second-order valence-corrected chi connectivity index (χ2v) is 7.52. The zero-order chi connectivity index (χ0) is 18.8. The van der Waals surface area contributed by atoms with Gasteiger partial charge in [-0.15, -0.1) is 22.7 Å². The van der Waals surface area contributed by atoms with Crippen LogP contribution in [-0.4, -0.2) is 11.8 Å². The molecule has 0 bridgehead atoms. The Labute approximate surface area is 162 Å². The van der Waals surface area contributed by atoms with Crippen LogP contribution in [0.3, 0.4) is 0 Å². The van der Waals surface area contributed by atoms with Gasteiger partial charge in [-0.25, -0.2) is 4.39 Å². The first-order chi connectivity index (χ1) is 13.1. The molecule has 4 nitrogen and oxygen atoms in total. The monoisotopic (exact) mass is 396 g/mol. The van der Waals surface area contributed by atoms with Crippen molar-refractivity contribution in [1.29, 1.82) is 0 Å². The van der Waals surface area contributed by atoms with Gasteiger partial charge in [0.15, 0.2) is 0 Å². The lowest BCUT2D eigenvalue weighted by molar-refractivity contribution is 0.102. The van der Waals surface area contributed by atoms with E-state index in [1.807, 2.05) is 24.3 Å². The number of fused-ring (bicyclic) bond motifs is 1. The third-order valence-corrected chi connectivity index (χ3v) is 5.78. The number of anilines is 2.